The lowest BCUT2D eigenvalue weighted by Gasteiger charge is -2.23. The molecule has 0 bridgehead atoms. The van der Waals surface area contributed by atoms with Gasteiger partial charge in [0.2, 0.25) is 0 Å². The molecule has 0 fully saturated rings. The Balaban J connectivity index is 2.53. The molecule has 1 N–H and O–H groups in total. The van der Waals surface area contributed by atoms with E-state index in [-0.39, 0.29) is 5.54 Å². The minimum absolute atomic E-state index is 0.205. The summed E-state index contributed by atoms with van der Waals surface area (Å²) in [5.41, 5.74) is 2.93. The van der Waals surface area contributed by atoms with Crippen molar-refractivity contribution >= 4 is 11.8 Å². The van der Waals surface area contributed by atoms with Crippen molar-refractivity contribution in [1.82, 2.24) is 5.32 Å². The Morgan fingerprint density at radius 1 is 1.24 bits per heavy atom. The first kappa shape index (κ1) is 14.6. The highest BCUT2D eigenvalue weighted by Gasteiger charge is 2.12. The molecule has 0 aromatic heterocycles. The van der Waals surface area contributed by atoms with Gasteiger partial charge in [0.05, 0.1) is 0 Å². The van der Waals surface area contributed by atoms with Crippen LogP contribution in [0.15, 0.2) is 23.1 Å². The second-order valence-electron chi connectivity index (χ2n) is 5.83. The van der Waals surface area contributed by atoms with E-state index < -0.39 is 0 Å². The van der Waals surface area contributed by atoms with Gasteiger partial charge in [-0.3, -0.25) is 0 Å². The molecule has 1 rings (SSSR count). The van der Waals surface area contributed by atoms with E-state index in [0.29, 0.717) is 5.25 Å². The van der Waals surface area contributed by atoms with Crippen LogP contribution in [0.4, 0.5) is 0 Å². The SMILES string of the molecule is Cc1ccc(SC(C)CNC(C)(C)C)c(C)c1. The van der Waals surface area contributed by atoms with Gasteiger partial charge in [-0.15, -0.1) is 11.8 Å². The second-order valence-corrected chi connectivity index (χ2v) is 7.31. The fourth-order valence-electron chi connectivity index (χ4n) is 1.64. The molecule has 1 aromatic carbocycles. The van der Waals surface area contributed by atoms with Crippen molar-refractivity contribution in [2.24, 2.45) is 0 Å². The van der Waals surface area contributed by atoms with Gasteiger partial charge in [0.15, 0.2) is 0 Å². The first-order valence-electron chi connectivity index (χ1n) is 6.27. The second kappa shape index (κ2) is 5.92. The smallest absolute Gasteiger partial charge is 0.0191 e. The molecule has 0 heterocycles. The molecule has 0 aliphatic heterocycles. The maximum Gasteiger partial charge on any atom is 0.0191 e. The van der Waals surface area contributed by atoms with Crippen LogP contribution in [0.25, 0.3) is 0 Å². The highest BCUT2D eigenvalue weighted by molar-refractivity contribution is 8.00. The van der Waals surface area contributed by atoms with Crippen LogP contribution in [0.5, 0.6) is 0 Å². The molecule has 0 aliphatic rings. The third-order valence-electron chi connectivity index (χ3n) is 2.58. The molecule has 0 spiro atoms. The van der Waals surface area contributed by atoms with Gasteiger partial charge in [-0.25, -0.2) is 0 Å². The molecule has 0 amide bonds. The molecule has 17 heavy (non-hydrogen) atoms. The van der Waals surface area contributed by atoms with E-state index in [9.17, 15) is 0 Å². The van der Waals surface area contributed by atoms with E-state index in [1.165, 1.54) is 16.0 Å². The molecule has 0 saturated carbocycles. The van der Waals surface area contributed by atoms with Crippen LogP contribution in [0.1, 0.15) is 38.8 Å². The van der Waals surface area contributed by atoms with E-state index in [4.69, 9.17) is 0 Å². The number of aryl methyl sites for hydroxylation is 2. The average molecular weight is 251 g/mol. The van der Waals surface area contributed by atoms with E-state index in [2.05, 4.69) is 65.1 Å². The van der Waals surface area contributed by atoms with Crippen LogP contribution in [0.3, 0.4) is 0 Å². The summed E-state index contributed by atoms with van der Waals surface area (Å²) in [4.78, 5) is 1.40. The molecule has 1 unspecified atom stereocenters. The van der Waals surface area contributed by atoms with E-state index >= 15 is 0 Å². The normalized spacial score (nSPS) is 13.8. The highest BCUT2D eigenvalue weighted by Crippen LogP contribution is 2.27. The lowest BCUT2D eigenvalue weighted by Crippen LogP contribution is -2.39. The standard InChI is InChI=1S/C15H25NS/c1-11-7-8-14(12(2)9-11)17-13(3)10-16-15(4,5)6/h7-9,13,16H,10H2,1-6H3. The molecule has 0 saturated heterocycles. The fourth-order valence-corrected chi connectivity index (χ4v) is 2.63. The Morgan fingerprint density at radius 2 is 1.88 bits per heavy atom. The van der Waals surface area contributed by atoms with E-state index in [0.717, 1.165) is 6.54 Å². The number of rotatable bonds is 4. The van der Waals surface area contributed by atoms with E-state index in [1.54, 1.807) is 0 Å². The zero-order valence-electron chi connectivity index (χ0n) is 11.9. The third kappa shape index (κ3) is 5.60. The van der Waals surface area contributed by atoms with Crippen LogP contribution < -0.4 is 5.32 Å². The third-order valence-corrected chi connectivity index (χ3v) is 3.86. The largest absolute Gasteiger partial charge is 0.311 e. The number of hydrogen-bond donors (Lipinski definition) is 1. The maximum absolute atomic E-state index is 3.55. The monoisotopic (exact) mass is 251 g/mol. The van der Waals surface area contributed by atoms with Crippen molar-refractivity contribution in [1.29, 1.82) is 0 Å². The first-order chi connectivity index (χ1) is 7.78. The Hall–Kier alpha value is -0.470. The van der Waals surface area contributed by atoms with Crippen molar-refractivity contribution in [3.63, 3.8) is 0 Å². The summed E-state index contributed by atoms with van der Waals surface area (Å²) in [7, 11) is 0. The van der Waals surface area contributed by atoms with Crippen molar-refractivity contribution in [2.45, 2.75) is 57.2 Å². The quantitative estimate of drug-likeness (QED) is 0.806. The van der Waals surface area contributed by atoms with Gasteiger partial charge >= 0.3 is 0 Å². The van der Waals surface area contributed by atoms with Crippen molar-refractivity contribution in [2.75, 3.05) is 6.54 Å². The average Bonchev–Trinajstić information content (AvgIpc) is 2.18. The van der Waals surface area contributed by atoms with Gasteiger partial charge in [0, 0.05) is 22.2 Å². The molecular formula is C15H25NS. The predicted molar refractivity (Wildman–Crippen MR) is 79.0 cm³/mol. The zero-order valence-corrected chi connectivity index (χ0v) is 12.7. The van der Waals surface area contributed by atoms with Crippen molar-refractivity contribution in [3.05, 3.63) is 29.3 Å². The number of hydrogen-bond acceptors (Lipinski definition) is 2. The molecule has 0 radical (unpaired) electrons. The summed E-state index contributed by atoms with van der Waals surface area (Å²) < 4.78 is 0. The summed E-state index contributed by atoms with van der Waals surface area (Å²) >= 11 is 1.96. The van der Waals surface area contributed by atoms with Crippen LogP contribution in [-0.4, -0.2) is 17.3 Å². The van der Waals surface area contributed by atoms with Gasteiger partial charge < -0.3 is 5.32 Å². The number of thioether (sulfide) groups is 1. The molecule has 1 aromatic rings. The van der Waals surface area contributed by atoms with Crippen LogP contribution in [-0.2, 0) is 0 Å². The summed E-state index contributed by atoms with van der Waals surface area (Å²) in [6.07, 6.45) is 0. The first-order valence-corrected chi connectivity index (χ1v) is 7.15. The molecule has 1 nitrogen and oxygen atoms in total. The Morgan fingerprint density at radius 3 is 2.41 bits per heavy atom. The predicted octanol–water partition coefficient (Wildman–Crippen LogP) is 4.17. The topological polar surface area (TPSA) is 12.0 Å². The minimum atomic E-state index is 0.205. The molecule has 96 valence electrons. The van der Waals surface area contributed by atoms with E-state index in [1.807, 2.05) is 11.8 Å². The van der Waals surface area contributed by atoms with Gasteiger partial charge in [-0.2, -0.15) is 0 Å². The van der Waals surface area contributed by atoms with Gasteiger partial charge in [-0.05, 0) is 46.2 Å². The molecule has 2 heteroatoms. The van der Waals surface area contributed by atoms with Crippen LogP contribution >= 0.6 is 11.8 Å². The molecular weight excluding hydrogens is 226 g/mol. The summed E-state index contributed by atoms with van der Waals surface area (Å²) in [5, 5.41) is 4.15. The lowest BCUT2D eigenvalue weighted by atomic mass is 10.1. The van der Waals surface area contributed by atoms with Gasteiger partial charge in [-0.1, -0.05) is 24.6 Å². The Bertz CT molecular complexity index is 366. The zero-order chi connectivity index (χ0) is 13.1. The van der Waals surface area contributed by atoms with Crippen LogP contribution in [0, 0.1) is 13.8 Å². The van der Waals surface area contributed by atoms with Crippen LogP contribution in [0.2, 0.25) is 0 Å². The van der Waals surface area contributed by atoms with Gasteiger partial charge in [0.25, 0.3) is 0 Å². The highest BCUT2D eigenvalue weighted by atomic mass is 32.2. The van der Waals surface area contributed by atoms with Crippen molar-refractivity contribution < 1.29 is 0 Å². The summed E-state index contributed by atoms with van der Waals surface area (Å²) in [5.74, 6) is 0. The Labute approximate surface area is 110 Å². The minimum Gasteiger partial charge on any atom is -0.311 e. The Kier molecular flexibility index (Phi) is 5.08. The summed E-state index contributed by atoms with van der Waals surface area (Å²) in [6, 6.07) is 6.69. The molecule has 0 aliphatic carbocycles. The fraction of sp³-hybridized carbons (Fsp3) is 0.600. The lowest BCUT2D eigenvalue weighted by molar-refractivity contribution is 0.429. The molecule has 1 atom stereocenters. The maximum atomic E-state index is 3.55. The number of nitrogens with one attached hydrogen (secondary N) is 1. The summed E-state index contributed by atoms with van der Waals surface area (Å²) in [6.45, 7) is 14.3. The van der Waals surface area contributed by atoms with Crippen molar-refractivity contribution in [3.8, 4) is 0 Å². The van der Waals surface area contributed by atoms with Gasteiger partial charge in [0.1, 0.15) is 0 Å². The number of benzene rings is 1.